The van der Waals surface area contributed by atoms with Crippen molar-refractivity contribution in [3.05, 3.63) is 11.6 Å². The molecule has 0 amide bonds. The van der Waals surface area contributed by atoms with Crippen LogP contribution in [0.3, 0.4) is 0 Å². The van der Waals surface area contributed by atoms with Crippen LogP contribution in [-0.4, -0.2) is 5.78 Å². The van der Waals surface area contributed by atoms with Gasteiger partial charge in [-0.1, -0.05) is 31.9 Å². The highest BCUT2D eigenvalue weighted by molar-refractivity contribution is 5.78. The molecule has 1 unspecified atom stereocenters. The van der Waals surface area contributed by atoms with Gasteiger partial charge in [-0.25, -0.2) is 0 Å². The van der Waals surface area contributed by atoms with E-state index in [4.69, 9.17) is 0 Å². The summed E-state index contributed by atoms with van der Waals surface area (Å²) in [5.74, 6) is 3.58. The van der Waals surface area contributed by atoms with E-state index in [0.717, 1.165) is 11.8 Å². The van der Waals surface area contributed by atoms with Crippen LogP contribution in [0.5, 0.6) is 0 Å². The van der Waals surface area contributed by atoms with Crippen LogP contribution >= 0.6 is 0 Å². The van der Waals surface area contributed by atoms with Gasteiger partial charge in [-0.15, -0.1) is 0 Å². The van der Waals surface area contributed by atoms with Crippen LogP contribution in [0.1, 0.15) is 53.4 Å². The lowest BCUT2D eigenvalue weighted by atomic mass is 9.60. The monoisotopic (exact) mass is 234 g/mol. The van der Waals surface area contributed by atoms with E-state index in [1.807, 2.05) is 0 Å². The number of carbonyl (C=O) groups excluding carboxylic acids is 1. The van der Waals surface area contributed by atoms with Crippen molar-refractivity contribution in [2.45, 2.75) is 53.4 Å². The zero-order valence-electron chi connectivity index (χ0n) is 11.7. The number of hydrogen-bond donors (Lipinski definition) is 0. The Morgan fingerprint density at radius 2 is 2.06 bits per heavy atom. The smallest absolute Gasteiger partial charge is 0.132 e. The average Bonchev–Trinajstić information content (AvgIpc) is 2.28. The summed E-state index contributed by atoms with van der Waals surface area (Å²) in [6, 6.07) is 0. The number of hydrogen-bond acceptors (Lipinski definition) is 1. The summed E-state index contributed by atoms with van der Waals surface area (Å²) in [5, 5.41) is 0. The minimum atomic E-state index is 0.247. The summed E-state index contributed by atoms with van der Waals surface area (Å²) in [5.41, 5.74) is 1.54. The van der Waals surface area contributed by atoms with E-state index in [2.05, 4.69) is 26.8 Å². The second-order valence-electron chi connectivity index (χ2n) is 6.41. The highest BCUT2D eigenvalue weighted by Crippen LogP contribution is 2.47. The molecule has 0 saturated heterocycles. The van der Waals surface area contributed by atoms with Crippen LogP contribution in [0.25, 0.3) is 0 Å². The molecule has 0 aromatic heterocycles. The molecule has 0 aromatic carbocycles. The first-order valence-corrected chi connectivity index (χ1v) is 7.18. The van der Waals surface area contributed by atoms with Crippen LogP contribution in [-0.2, 0) is 4.79 Å². The summed E-state index contributed by atoms with van der Waals surface area (Å²) in [6.07, 6.45) is 7.67. The molecule has 5 atom stereocenters. The molecule has 0 heterocycles. The molecule has 2 rings (SSSR count). The molecule has 0 aliphatic heterocycles. The van der Waals surface area contributed by atoms with Gasteiger partial charge in [-0.2, -0.15) is 0 Å². The maximum atomic E-state index is 11.7. The van der Waals surface area contributed by atoms with Crippen molar-refractivity contribution in [2.75, 3.05) is 0 Å². The quantitative estimate of drug-likeness (QED) is 0.653. The van der Waals surface area contributed by atoms with Gasteiger partial charge in [-0.3, -0.25) is 4.79 Å². The molecule has 17 heavy (non-hydrogen) atoms. The maximum absolute atomic E-state index is 11.7. The van der Waals surface area contributed by atoms with Crippen molar-refractivity contribution in [3.8, 4) is 0 Å². The number of rotatable bonds is 2. The van der Waals surface area contributed by atoms with E-state index in [1.54, 1.807) is 12.5 Å². The van der Waals surface area contributed by atoms with Gasteiger partial charge >= 0.3 is 0 Å². The lowest BCUT2D eigenvalue weighted by Gasteiger charge is -2.45. The number of Topliss-reactive ketones (excluding diaryl/α,β-unsaturated/α-hetero) is 1. The molecule has 0 bridgehead atoms. The van der Waals surface area contributed by atoms with Crippen molar-refractivity contribution in [1.29, 1.82) is 0 Å². The van der Waals surface area contributed by atoms with Crippen LogP contribution in [0.15, 0.2) is 11.6 Å². The van der Waals surface area contributed by atoms with Crippen molar-refractivity contribution >= 4 is 5.78 Å². The highest BCUT2D eigenvalue weighted by atomic mass is 16.1. The first-order chi connectivity index (χ1) is 8.00. The van der Waals surface area contributed by atoms with Crippen LogP contribution in [0.2, 0.25) is 0 Å². The molecule has 1 nitrogen and oxygen atoms in total. The predicted octanol–water partition coefficient (Wildman–Crippen LogP) is 4.23. The average molecular weight is 234 g/mol. The molecule has 1 saturated carbocycles. The lowest BCUT2D eigenvalue weighted by molar-refractivity contribution is -0.123. The molecule has 0 aromatic rings. The van der Waals surface area contributed by atoms with E-state index in [0.29, 0.717) is 17.6 Å². The summed E-state index contributed by atoms with van der Waals surface area (Å²) in [4.78, 5) is 11.7. The Kier molecular flexibility index (Phi) is 3.75. The second-order valence-corrected chi connectivity index (χ2v) is 6.41. The van der Waals surface area contributed by atoms with Gasteiger partial charge in [0.25, 0.3) is 0 Å². The number of ketones is 1. The third-order valence-electron chi connectivity index (χ3n) is 5.31. The summed E-state index contributed by atoms with van der Waals surface area (Å²) in [6.45, 7) is 8.56. The molecule has 2 aliphatic carbocycles. The summed E-state index contributed by atoms with van der Waals surface area (Å²) < 4.78 is 0. The Hall–Kier alpha value is -0.590. The van der Waals surface area contributed by atoms with E-state index in [-0.39, 0.29) is 5.92 Å². The SMILES string of the molecule is CC(=O)C(C)[C@@H]1CC[C@@H](C)[C@@H]2CCC(C)=C[C@@H]21. The number of fused-ring (bicyclic) bond motifs is 1. The third kappa shape index (κ3) is 2.48. The van der Waals surface area contributed by atoms with Gasteiger partial charge < -0.3 is 0 Å². The van der Waals surface area contributed by atoms with Crippen molar-refractivity contribution in [2.24, 2.45) is 29.6 Å². The van der Waals surface area contributed by atoms with Gasteiger partial charge in [0.1, 0.15) is 5.78 Å². The molecular formula is C16H26O. The van der Waals surface area contributed by atoms with Crippen molar-refractivity contribution in [3.63, 3.8) is 0 Å². The summed E-state index contributed by atoms with van der Waals surface area (Å²) in [7, 11) is 0. The van der Waals surface area contributed by atoms with E-state index in [1.165, 1.54) is 25.7 Å². The van der Waals surface area contributed by atoms with E-state index < -0.39 is 0 Å². The zero-order valence-corrected chi connectivity index (χ0v) is 11.7. The van der Waals surface area contributed by atoms with E-state index >= 15 is 0 Å². The Morgan fingerprint density at radius 1 is 1.35 bits per heavy atom. The Bertz CT molecular complexity index is 328. The van der Waals surface area contributed by atoms with Gasteiger partial charge in [0, 0.05) is 5.92 Å². The van der Waals surface area contributed by atoms with Crippen LogP contribution < -0.4 is 0 Å². The molecule has 1 fully saturated rings. The van der Waals surface area contributed by atoms with Crippen molar-refractivity contribution < 1.29 is 4.79 Å². The van der Waals surface area contributed by atoms with Gasteiger partial charge in [-0.05, 0) is 56.8 Å². The molecule has 0 spiro atoms. The minimum Gasteiger partial charge on any atom is -0.300 e. The minimum absolute atomic E-state index is 0.247. The largest absolute Gasteiger partial charge is 0.300 e. The highest BCUT2D eigenvalue weighted by Gasteiger charge is 2.40. The Morgan fingerprint density at radius 3 is 2.71 bits per heavy atom. The Balaban J connectivity index is 2.22. The molecule has 96 valence electrons. The first-order valence-electron chi connectivity index (χ1n) is 7.18. The fourth-order valence-corrected chi connectivity index (χ4v) is 3.97. The van der Waals surface area contributed by atoms with Gasteiger partial charge in [0.15, 0.2) is 0 Å². The van der Waals surface area contributed by atoms with Gasteiger partial charge in [0.05, 0.1) is 0 Å². The Labute approximate surface area is 106 Å². The second kappa shape index (κ2) is 4.96. The number of carbonyl (C=O) groups is 1. The topological polar surface area (TPSA) is 17.1 Å². The molecule has 1 heteroatoms. The molecular weight excluding hydrogens is 208 g/mol. The summed E-state index contributed by atoms with van der Waals surface area (Å²) >= 11 is 0. The fourth-order valence-electron chi connectivity index (χ4n) is 3.97. The predicted molar refractivity (Wildman–Crippen MR) is 71.7 cm³/mol. The molecule has 0 N–H and O–H groups in total. The van der Waals surface area contributed by atoms with Crippen LogP contribution in [0.4, 0.5) is 0 Å². The lowest BCUT2D eigenvalue weighted by Crippen LogP contribution is -2.39. The first kappa shape index (κ1) is 12.9. The fraction of sp³-hybridized carbons (Fsp3) is 0.812. The normalized spacial score (nSPS) is 39.2. The van der Waals surface area contributed by atoms with Crippen LogP contribution in [0, 0.1) is 29.6 Å². The third-order valence-corrected chi connectivity index (χ3v) is 5.31. The van der Waals surface area contributed by atoms with Gasteiger partial charge in [0.2, 0.25) is 0 Å². The molecule has 2 aliphatic rings. The zero-order chi connectivity index (χ0) is 12.6. The molecule has 0 radical (unpaired) electrons. The maximum Gasteiger partial charge on any atom is 0.132 e. The standard InChI is InChI=1S/C16H26O/c1-10-5-7-14-11(2)6-8-15(16(14)9-10)12(3)13(4)17/h9,11-12,14-16H,5-8H2,1-4H3/t11-,12?,14+,15+,16+/m1/s1. The number of allylic oxidation sites excluding steroid dienone is 2. The van der Waals surface area contributed by atoms with Crippen molar-refractivity contribution in [1.82, 2.24) is 0 Å². The van der Waals surface area contributed by atoms with E-state index in [9.17, 15) is 4.79 Å².